The second kappa shape index (κ2) is 5.89. The van der Waals surface area contributed by atoms with Crippen LogP contribution in [0.2, 0.25) is 0 Å². The number of nitrogens with one attached hydrogen (secondary N) is 1. The van der Waals surface area contributed by atoms with Crippen LogP contribution < -0.4 is 11.1 Å². The number of nitrogens with zero attached hydrogens (tertiary/aromatic N) is 3. The molecule has 12 heteroatoms. The first-order valence-corrected chi connectivity index (χ1v) is 8.41. The van der Waals surface area contributed by atoms with E-state index >= 15 is 0 Å². The molecular formula is C12H15N5O6S. The summed E-state index contributed by atoms with van der Waals surface area (Å²) in [4.78, 5) is 29.8. The van der Waals surface area contributed by atoms with Crippen LogP contribution in [0.3, 0.4) is 0 Å². The van der Waals surface area contributed by atoms with Crippen LogP contribution in [-0.4, -0.2) is 58.5 Å². The Morgan fingerprint density at radius 3 is 2.83 bits per heavy atom. The third-order valence-corrected chi connectivity index (χ3v) is 4.17. The molecule has 3 rings (SSSR count). The Morgan fingerprint density at radius 1 is 1.42 bits per heavy atom. The molecule has 0 spiro atoms. The van der Waals surface area contributed by atoms with Crippen molar-refractivity contribution in [2.24, 2.45) is 0 Å². The first kappa shape index (κ1) is 16.4. The van der Waals surface area contributed by atoms with Gasteiger partial charge >= 0.3 is 16.4 Å². The van der Waals surface area contributed by atoms with Crippen molar-refractivity contribution in [3.63, 3.8) is 0 Å². The molecule has 2 bridgehead atoms. The number of aromatic nitrogens is 1. The van der Waals surface area contributed by atoms with Gasteiger partial charge in [0.05, 0.1) is 6.04 Å². The van der Waals surface area contributed by atoms with Crippen molar-refractivity contribution in [1.82, 2.24) is 14.9 Å². The third-order valence-electron chi connectivity index (χ3n) is 3.82. The van der Waals surface area contributed by atoms with Crippen LogP contribution in [0, 0.1) is 0 Å². The first-order chi connectivity index (χ1) is 11.2. The zero-order valence-electron chi connectivity index (χ0n) is 12.3. The summed E-state index contributed by atoms with van der Waals surface area (Å²) in [6.07, 6.45) is 0.663. The van der Waals surface area contributed by atoms with E-state index in [0.29, 0.717) is 17.9 Å². The lowest BCUT2D eigenvalue weighted by atomic mass is 10.0. The Labute approximate surface area is 137 Å². The molecule has 1 aromatic heterocycles. The monoisotopic (exact) mass is 357 g/mol. The van der Waals surface area contributed by atoms with Gasteiger partial charge in [0.25, 0.3) is 0 Å². The second-order valence-electron chi connectivity index (χ2n) is 5.45. The van der Waals surface area contributed by atoms with Gasteiger partial charge in [-0.1, -0.05) is 6.07 Å². The Kier molecular flexibility index (Phi) is 4.03. The number of anilines is 2. The summed E-state index contributed by atoms with van der Waals surface area (Å²) in [5.74, 6) is 0.0231. The van der Waals surface area contributed by atoms with Crippen LogP contribution in [-0.2, 0) is 19.5 Å². The van der Waals surface area contributed by atoms with Crippen LogP contribution >= 0.6 is 0 Å². The lowest BCUT2D eigenvalue weighted by molar-refractivity contribution is -0.120. The summed E-state index contributed by atoms with van der Waals surface area (Å²) >= 11 is 0. The van der Waals surface area contributed by atoms with Crippen molar-refractivity contribution >= 4 is 34.0 Å². The number of hydrogen-bond donors (Lipinski definition) is 3. The highest BCUT2D eigenvalue weighted by Crippen LogP contribution is 2.31. The van der Waals surface area contributed by atoms with Gasteiger partial charge in [-0.05, 0) is 25.0 Å². The van der Waals surface area contributed by atoms with Crippen LogP contribution in [0.15, 0.2) is 18.2 Å². The molecule has 2 saturated heterocycles. The fourth-order valence-corrected chi connectivity index (χ4v) is 3.22. The molecule has 11 nitrogen and oxygen atoms in total. The average Bonchev–Trinajstić information content (AvgIpc) is 2.71. The van der Waals surface area contributed by atoms with Crippen molar-refractivity contribution in [2.45, 2.75) is 24.9 Å². The normalized spacial score (nSPS) is 23.5. The number of hydrogen-bond acceptors (Lipinski definition) is 7. The minimum Gasteiger partial charge on any atom is -0.384 e. The molecule has 24 heavy (non-hydrogen) atoms. The van der Waals surface area contributed by atoms with Gasteiger partial charge in [0.2, 0.25) is 5.91 Å². The summed E-state index contributed by atoms with van der Waals surface area (Å²) in [5, 5.41) is 3.15. The number of piperidine rings is 1. The molecular weight excluding hydrogens is 342 g/mol. The molecule has 4 N–H and O–H groups in total. The average molecular weight is 357 g/mol. The summed E-state index contributed by atoms with van der Waals surface area (Å²) in [6.45, 7) is 0.122. The lowest BCUT2D eigenvalue weighted by Gasteiger charge is -2.29. The van der Waals surface area contributed by atoms with Gasteiger partial charge in [0, 0.05) is 6.54 Å². The van der Waals surface area contributed by atoms with Gasteiger partial charge in [0.15, 0.2) is 0 Å². The van der Waals surface area contributed by atoms with Crippen LogP contribution in [0.1, 0.15) is 12.8 Å². The van der Waals surface area contributed by atoms with E-state index < -0.39 is 34.4 Å². The van der Waals surface area contributed by atoms with Gasteiger partial charge in [-0.3, -0.25) is 9.35 Å². The van der Waals surface area contributed by atoms with E-state index in [1.807, 2.05) is 0 Å². The number of amides is 3. The standard InChI is InChI=1S/C12H15N5O6S/c13-9-2-1-3-10(14-9)15-11(18)8-5-4-7-6-16(8)12(19)17(7)23-24(20,21)22/h1-3,7-8H,4-6H2,(H,20,21,22)(H3,13,14,15,18)/t7-,8+/m1/s1. The molecule has 0 aliphatic carbocycles. The molecule has 1 aromatic rings. The molecule has 0 aromatic carbocycles. The van der Waals surface area contributed by atoms with Crippen LogP contribution in [0.25, 0.3) is 0 Å². The Bertz CT molecular complexity index is 784. The number of carbonyl (C=O) groups excluding carboxylic acids is 2. The Morgan fingerprint density at radius 2 is 2.17 bits per heavy atom. The predicted molar refractivity (Wildman–Crippen MR) is 80.7 cm³/mol. The van der Waals surface area contributed by atoms with E-state index in [1.54, 1.807) is 18.2 Å². The minimum absolute atomic E-state index is 0.122. The summed E-state index contributed by atoms with van der Waals surface area (Å²) in [7, 11) is -4.82. The van der Waals surface area contributed by atoms with Gasteiger partial charge < -0.3 is 16.0 Å². The molecule has 0 radical (unpaired) electrons. The minimum atomic E-state index is -4.82. The van der Waals surface area contributed by atoms with Gasteiger partial charge in [0.1, 0.15) is 17.7 Å². The molecule has 0 saturated carbocycles. The summed E-state index contributed by atoms with van der Waals surface area (Å²) < 4.78 is 34.7. The van der Waals surface area contributed by atoms with E-state index in [9.17, 15) is 18.0 Å². The predicted octanol–water partition coefficient (Wildman–Crippen LogP) is -0.395. The molecule has 2 fully saturated rings. The van der Waals surface area contributed by atoms with Crippen molar-refractivity contribution < 1.29 is 26.8 Å². The summed E-state index contributed by atoms with van der Waals surface area (Å²) in [5.41, 5.74) is 5.54. The highest BCUT2D eigenvalue weighted by atomic mass is 32.3. The molecule has 3 amide bonds. The van der Waals surface area contributed by atoms with E-state index in [-0.39, 0.29) is 18.2 Å². The van der Waals surface area contributed by atoms with Crippen molar-refractivity contribution in [3.8, 4) is 0 Å². The van der Waals surface area contributed by atoms with E-state index in [0.717, 1.165) is 0 Å². The Balaban J connectivity index is 1.73. The third kappa shape index (κ3) is 3.25. The van der Waals surface area contributed by atoms with Crippen molar-refractivity contribution in [2.75, 3.05) is 17.6 Å². The number of nitrogen functional groups attached to an aromatic ring is 1. The SMILES string of the molecule is Nc1cccc(NC(=O)[C@@H]2CC[C@@H]3CN2C(=O)N3OS(=O)(=O)O)n1. The molecule has 2 aliphatic rings. The smallest absolute Gasteiger partial charge is 0.384 e. The number of nitrogens with two attached hydrogens (primary N) is 1. The highest BCUT2D eigenvalue weighted by Gasteiger charge is 2.49. The van der Waals surface area contributed by atoms with Crippen molar-refractivity contribution in [3.05, 3.63) is 18.2 Å². The summed E-state index contributed by atoms with van der Waals surface area (Å²) in [6, 6.07) is 2.60. The number of pyridine rings is 1. The van der Waals surface area contributed by atoms with E-state index in [1.165, 1.54) is 4.90 Å². The molecule has 0 unspecified atom stereocenters. The molecule has 130 valence electrons. The fraction of sp³-hybridized carbons (Fsp3) is 0.417. The number of rotatable bonds is 4. The Hall–Kier alpha value is -2.44. The number of carbonyl (C=O) groups is 2. The largest absolute Gasteiger partial charge is 0.418 e. The number of urea groups is 1. The topological polar surface area (TPSA) is 155 Å². The molecule has 2 atom stereocenters. The van der Waals surface area contributed by atoms with Crippen LogP contribution in [0.4, 0.5) is 16.4 Å². The molecule has 3 heterocycles. The van der Waals surface area contributed by atoms with Crippen LogP contribution in [0.5, 0.6) is 0 Å². The van der Waals surface area contributed by atoms with Gasteiger partial charge in [-0.25, -0.2) is 9.78 Å². The van der Waals surface area contributed by atoms with Gasteiger partial charge in [-0.15, -0.1) is 4.28 Å². The quantitative estimate of drug-likeness (QED) is 0.615. The maximum atomic E-state index is 12.4. The molecule has 2 aliphatic heterocycles. The maximum absolute atomic E-state index is 12.4. The first-order valence-electron chi connectivity index (χ1n) is 7.05. The zero-order chi connectivity index (χ0) is 17.5. The lowest BCUT2D eigenvalue weighted by Crippen LogP contribution is -2.47. The number of fused-ring (bicyclic) bond motifs is 2. The fourth-order valence-electron chi connectivity index (χ4n) is 2.83. The highest BCUT2D eigenvalue weighted by molar-refractivity contribution is 7.80. The number of hydroxylamine groups is 2. The van der Waals surface area contributed by atoms with E-state index in [2.05, 4.69) is 14.6 Å². The van der Waals surface area contributed by atoms with E-state index in [4.69, 9.17) is 10.3 Å². The maximum Gasteiger partial charge on any atom is 0.418 e. The van der Waals surface area contributed by atoms with Crippen molar-refractivity contribution in [1.29, 1.82) is 0 Å². The zero-order valence-corrected chi connectivity index (χ0v) is 13.1. The second-order valence-corrected chi connectivity index (χ2v) is 6.45. The van der Waals surface area contributed by atoms with Gasteiger partial charge in [-0.2, -0.15) is 13.5 Å².